The van der Waals surface area contributed by atoms with Crippen LogP contribution < -0.4 is 5.73 Å². The standard InChI is InChI=1S/C30H23N3/c31-19-20-7-5-8-21(17-20)32-28-13-4-2-10-25(28)26-18-22(15-16-30(26)32)33-27-12-3-1-9-23(27)24-11-6-14-29(24)33/h1-13,15-18H,14,19,31H2. The molecule has 0 unspecified atom stereocenters. The third-order valence-corrected chi connectivity index (χ3v) is 6.93. The molecular formula is C30H23N3. The summed E-state index contributed by atoms with van der Waals surface area (Å²) in [5.41, 5.74) is 15.9. The molecule has 7 rings (SSSR count). The molecule has 0 fully saturated rings. The molecule has 158 valence electrons. The van der Waals surface area contributed by atoms with E-state index in [4.69, 9.17) is 5.73 Å². The lowest BCUT2D eigenvalue weighted by atomic mass is 10.1. The van der Waals surface area contributed by atoms with Crippen molar-refractivity contribution in [1.29, 1.82) is 0 Å². The van der Waals surface area contributed by atoms with Crippen molar-refractivity contribution in [2.24, 2.45) is 5.73 Å². The van der Waals surface area contributed by atoms with Crippen molar-refractivity contribution in [3.63, 3.8) is 0 Å². The molecule has 0 saturated heterocycles. The molecule has 0 aliphatic heterocycles. The van der Waals surface area contributed by atoms with E-state index in [2.05, 4.69) is 112 Å². The molecule has 3 heteroatoms. The summed E-state index contributed by atoms with van der Waals surface area (Å²) in [6, 6.07) is 32.8. The van der Waals surface area contributed by atoms with Crippen molar-refractivity contribution in [2.75, 3.05) is 0 Å². The van der Waals surface area contributed by atoms with Gasteiger partial charge in [0.2, 0.25) is 0 Å². The summed E-state index contributed by atoms with van der Waals surface area (Å²) < 4.78 is 4.79. The van der Waals surface area contributed by atoms with E-state index < -0.39 is 0 Å². The minimum absolute atomic E-state index is 0.537. The topological polar surface area (TPSA) is 35.9 Å². The maximum Gasteiger partial charge on any atom is 0.0542 e. The van der Waals surface area contributed by atoms with Crippen molar-refractivity contribution in [1.82, 2.24) is 9.13 Å². The molecule has 0 atom stereocenters. The molecule has 0 radical (unpaired) electrons. The van der Waals surface area contributed by atoms with E-state index in [1.165, 1.54) is 49.7 Å². The number of fused-ring (bicyclic) bond motifs is 6. The zero-order chi connectivity index (χ0) is 21.9. The van der Waals surface area contributed by atoms with E-state index in [1.807, 2.05) is 0 Å². The van der Waals surface area contributed by atoms with E-state index in [1.54, 1.807) is 0 Å². The van der Waals surface area contributed by atoms with Crippen LogP contribution >= 0.6 is 0 Å². The number of hydrogen-bond donors (Lipinski definition) is 1. The Balaban J connectivity index is 1.53. The van der Waals surface area contributed by atoms with Crippen LogP contribution in [0.15, 0.2) is 97.1 Å². The normalized spacial score (nSPS) is 12.9. The highest BCUT2D eigenvalue weighted by Crippen LogP contribution is 2.37. The summed E-state index contributed by atoms with van der Waals surface area (Å²) in [4.78, 5) is 0. The number of allylic oxidation sites excluding steroid dienone is 1. The lowest BCUT2D eigenvalue weighted by molar-refractivity contribution is 1.02. The molecule has 2 aromatic heterocycles. The largest absolute Gasteiger partial charge is 0.326 e. The molecule has 1 aliphatic rings. The number of hydrogen-bond acceptors (Lipinski definition) is 1. The van der Waals surface area contributed by atoms with E-state index >= 15 is 0 Å². The molecule has 1 aliphatic carbocycles. The molecule has 6 aromatic rings. The van der Waals surface area contributed by atoms with Crippen LogP contribution in [-0.2, 0) is 13.0 Å². The monoisotopic (exact) mass is 425 g/mol. The third-order valence-electron chi connectivity index (χ3n) is 6.93. The summed E-state index contributed by atoms with van der Waals surface area (Å²) in [7, 11) is 0. The highest BCUT2D eigenvalue weighted by molar-refractivity contribution is 6.10. The Labute approximate surface area is 192 Å². The van der Waals surface area contributed by atoms with Gasteiger partial charge in [-0.2, -0.15) is 0 Å². The minimum atomic E-state index is 0.537. The Bertz CT molecular complexity index is 1730. The van der Waals surface area contributed by atoms with Crippen LogP contribution in [0.4, 0.5) is 0 Å². The zero-order valence-electron chi connectivity index (χ0n) is 18.2. The fraction of sp³-hybridized carbons (Fsp3) is 0.0667. The Kier molecular flexibility index (Phi) is 3.90. The van der Waals surface area contributed by atoms with Gasteiger partial charge in [-0.3, -0.25) is 0 Å². The van der Waals surface area contributed by atoms with Gasteiger partial charge in [-0.05, 0) is 48.0 Å². The first-order valence-electron chi connectivity index (χ1n) is 11.5. The first kappa shape index (κ1) is 18.5. The van der Waals surface area contributed by atoms with Crippen LogP contribution in [0.3, 0.4) is 0 Å². The number of nitrogens with two attached hydrogens (primary N) is 1. The molecule has 0 bridgehead atoms. The van der Waals surface area contributed by atoms with E-state index in [-0.39, 0.29) is 0 Å². The molecule has 2 heterocycles. The van der Waals surface area contributed by atoms with Gasteiger partial charge in [-0.15, -0.1) is 0 Å². The Morgan fingerprint density at radius 3 is 2.21 bits per heavy atom. The number of nitrogens with zero attached hydrogens (tertiary/aromatic N) is 2. The third kappa shape index (κ3) is 2.60. The van der Waals surface area contributed by atoms with E-state index in [0.717, 1.165) is 17.7 Å². The number of aromatic nitrogens is 2. The van der Waals surface area contributed by atoms with Crippen molar-refractivity contribution >= 4 is 38.8 Å². The number of benzene rings is 4. The summed E-state index contributed by atoms with van der Waals surface area (Å²) in [5, 5.41) is 3.85. The zero-order valence-corrected chi connectivity index (χ0v) is 18.2. The lowest BCUT2D eigenvalue weighted by Gasteiger charge is -2.12. The Hall–Kier alpha value is -4.08. The van der Waals surface area contributed by atoms with Crippen molar-refractivity contribution in [3.05, 3.63) is 114 Å². The first-order chi connectivity index (χ1) is 16.3. The SMILES string of the molecule is NCc1cccc(-n2c3ccccc3c3cc(-n4c5c(c6ccccc64)C=CC5)ccc32)c1. The van der Waals surface area contributed by atoms with E-state index in [9.17, 15) is 0 Å². The molecule has 0 amide bonds. The Morgan fingerprint density at radius 2 is 1.36 bits per heavy atom. The maximum atomic E-state index is 5.94. The fourth-order valence-corrected chi connectivity index (χ4v) is 5.49. The highest BCUT2D eigenvalue weighted by atomic mass is 15.0. The van der Waals surface area contributed by atoms with Crippen LogP contribution in [-0.4, -0.2) is 9.13 Å². The van der Waals surface area contributed by atoms with Crippen LogP contribution in [0.1, 0.15) is 16.8 Å². The van der Waals surface area contributed by atoms with Gasteiger partial charge in [0.25, 0.3) is 0 Å². The minimum Gasteiger partial charge on any atom is -0.326 e. The van der Waals surface area contributed by atoms with Gasteiger partial charge in [-0.1, -0.05) is 60.7 Å². The summed E-state index contributed by atoms with van der Waals surface area (Å²) in [6.45, 7) is 0.537. The smallest absolute Gasteiger partial charge is 0.0542 e. The molecule has 2 N–H and O–H groups in total. The Morgan fingerprint density at radius 1 is 0.636 bits per heavy atom. The summed E-state index contributed by atoms with van der Waals surface area (Å²) in [6.07, 6.45) is 5.50. The predicted octanol–water partition coefficient (Wildman–Crippen LogP) is 6.76. The van der Waals surface area contributed by atoms with Crippen LogP contribution in [0, 0.1) is 0 Å². The first-order valence-corrected chi connectivity index (χ1v) is 11.5. The molecule has 3 nitrogen and oxygen atoms in total. The average Bonchev–Trinajstić information content (AvgIpc) is 3.55. The molecule has 33 heavy (non-hydrogen) atoms. The van der Waals surface area contributed by atoms with Gasteiger partial charge in [0, 0.05) is 51.8 Å². The fourth-order valence-electron chi connectivity index (χ4n) is 5.49. The van der Waals surface area contributed by atoms with Crippen molar-refractivity contribution < 1.29 is 0 Å². The lowest BCUT2D eigenvalue weighted by Crippen LogP contribution is -2.00. The molecular weight excluding hydrogens is 402 g/mol. The quantitative estimate of drug-likeness (QED) is 0.334. The summed E-state index contributed by atoms with van der Waals surface area (Å²) in [5.74, 6) is 0. The van der Waals surface area contributed by atoms with Gasteiger partial charge >= 0.3 is 0 Å². The van der Waals surface area contributed by atoms with Crippen LogP contribution in [0.25, 0.3) is 50.2 Å². The van der Waals surface area contributed by atoms with E-state index in [0.29, 0.717) is 6.54 Å². The number of para-hydroxylation sites is 2. The van der Waals surface area contributed by atoms with Crippen LogP contribution in [0.2, 0.25) is 0 Å². The molecule has 0 spiro atoms. The van der Waals surface area contributed by atoms with Crippen LogP contribution in [0.5, 0.6) is 0 Å². The van der Waals surface area contributed by atoms with Crippen molar-refractivity contribution in [3.8, 4) is 11.4 Å². The highest BCUT2D eigenvalue weighted by Gasteiger charge is 2.20. The second kappa shape index (κ2) is 6.96. The van der Waals surface area contributed by atoms with Gasteiger partial charge in [0.1, 0.15) is 0 Å². The molecule has 4 aromatic carbocycles. The average molecular weight is 426 g/mol. The maximum absolute atomic E-state index is 5.94. The van der Waals surface area contributed by atoms with Gasteiger partial charge < -0.3 is 14.9 Å². The number of rotatable bonds is 3. The second-order valence-corrected chi connectivity index (χ2v) is 8.75. The predicted molar refractivity (Wildman–Crippen MR) is 138 cm³/mol. The van der Waals surface area contributed by atoms with Gasteiger partial charge in [-0.25, -0.2) is 0 Å². The summed E-state index contributed by atoms with van der Waals surface area (Å²) >= 11 is 0. The van der Waals surface area contributed by atoms with Crippen molar-refractivity contribution in [2.45, 2.75) is 13.0 Å². The molecule has 0 saturated carbocycles. The second-order valence-electron chi connectivity index (χ2n) is 8.75. The van der Waals surface area contributed by atoms with Gasteiger partial charge in [0.05, 0.1) is 16.6 Å². The van der Waals surface area contributed by atoms with Gasteiger partial charge in [0.15, 0.2) is 0 Å².